The van der Waals surface area contributed by atoms with E-state index >= 15 is 0 Å². The fourth-order valence-electron chi connectivity index (χ4n) is 3.50. The van der Waals surface area contributed by atoms with Crippen LogP contribution in [0.1, 0.15) is 0 Å². The second kappa shape index (κ2) is 6.39. The van der Waals surface area contributed by atoms with Gasteiger partial charge in [0.25, 0.3) is 0 Å². The molecular formula is C23H14N4OS. The third-order valence-electron chi connectivity index (χ3n) is 4.81. The summed E-state index contributed by atoms with van der Waals surface area (Å²) in [5.74, 6) is 1.27. The van der Waals surface area contributed by atoms with E-state index in [9.17, 15) is 0 Å². The lowest BCUT2D eigenvalue weighted by atomic mass is 10.2. The smallest absolute Gasteiger partial charge is 0.205 e. The van der Waals surface area contributed by atoms with Crippen LogP contribution in [0, 0.1) is 0 Å². The summed E-state index contributed by atoms with van der Waals surface area (Å²) in [5, 5.41) is 9.91. The molecule has 0 radical (unpaired) electrons. The summed E-state index contributed by atoms with van der Waals surface area (Å²) in [6.45, 7) is 0. The van der Waals surface area contributed by atoms with Gasteiger partial charge in [0.2, 0.25) is 5.82 Å². The van der Waals surface area contributed by atoms with Crippen molar-refractivity contribution in [3.63, 3.8) is 0 Å². The summed E-state index contributed by atoms with van der Waals surface area (Å²) < 4.78 is 9.45. The maximum atomic E-state index is 6.17. The van der Waals surface area contributed by atoms with E-state index in [0.717, 1.165) is 38.6 Å². The van der Waals surface area contributed by atoms with Crippen LogP contribution in [0.3, 0.4) is 0 Å². The summed E-state index contributed by atoms with van der Waals surface area (Å²) >= 11 is 1.63. The van der Waals surface area contributed by atoms with Gasteiger partial charge in [0.1, 0.15) is 11.3 Å². The molecule has 0 aliphatic rings. The number of fused-ring (bicyclic) bond motifs is 4. The van der Waals surface area contributed by atoms with Crippen molar-refractivity contribution in [2.75, 3.05) is 0 Å². The van der Waals surface area contributed by atoms with Crippen molar-refractivity contribution < 1.29 is 4.42 Å². The number of nitrogens with zero attached hydrogens (tertiary/aromatic N) is 4. The average molecular weight is 394 g/mol. The molecule has 3 heterocycles. The maximum Gasteiger partial charge on any atom is 0.205 e. The second-order valence-corrected chi connectivity index (χ2v) is 7.66. The number of furan rings is 1. The van der Waals surface area contributed by atoms with E-state index in [0.29, 0.717) is 5.82 Å². The van der Waals surface area contributed by atoms with Crippen molar-refractivity contribution >= 4 is 49.0 Å². The molecule has 0 amide bonds. The number of hydrogen-bond acceptors (Lipinski definition) is 5. The van der Waals surface area contributed by atoms with Gasteiger partial charge in [0, 0.05) is 5.39 Å². The van der Waals surface area contributed by atoms with E-state index in [1.807, 2.05) is 72.8 Å². The summed E-state index contributed by atoms with van der Waals surface area (Å²) in [6, 6.07) is 27.9. The molecule has 0 unspecified atom stereocenters. The van der Waals surface area contributed by atoms with Gasteiger partial charge >= 0.3 is 0 Å². The fraction of sp³-hybridized carbons (Fsp3) is 0. The zero-order valence-corrected chi connectivity index (χ0v) is 16.0. The van der Waals surface area contributed by atoms with Gasteiger partial charge in [-0.3, -0.25) is 4.40 Å². The molecule has 29 heavy (non-hydrogen) atoms. The highest BCUT2D eigenvalue weighted by Gasteiger charge is 2.21. The average Bonchev–Trinajstić information content (AvgIpc) is 3.43. The number of para-hydroxylation sites is 2. The fourth-order valence-corrected chi connectivity index (χ4v) is 4.52. The molecule has 6 aromatic rings. The summed E-state index contributed by atoms with van der Waals surface area (Å²) in [7, 11) is 0. The van der Waals surface area contributed by atoms with E-state index in [2.05, 4.69) is 26.8 Å². The molecule has 6 rings (SSSR count). The molecule has 0 spiro atoms. The quantitative estimate of drug-likeness (QED) is 0.294. The SMILES string of the molecule is c1ccc(N=Nc2nc3sc4ccccc4n3c2-c2cc3ccccc3o2)cc1. The molecule has 0 fully saturated rings. The Labute approximate surface area is 169 Å². The minimum atomic E-state index is 0.546. The van der Waals surface area contributed by atoms with Gasteiger partial charge < -0.3 is 4.42 Å². The molecule has 5 nitrogen and oxygen atoms in total. The Morgan fingerprint density at radius 1 is 0.828 bits per heavy atom. The van der Waals surface area contributed by atoms with E-state index in [1.165, 1.54) is 4.70 Å². The molecule has 3 aromatic carbocycles. The van der Waals surface area contributed by atoms with Gasteiger partial charge in [-0.05, 0) is 36.4 Å². The maximum absolute atomic E-state index is 6.17. The van der Waals surface area contributed by atoms with Crippen molar-refractivity contribution in [1.29, 1.82) is 0 Å². The largest absolute Gasteiger partial charge is 0.454 e. The molecular weight excluding hydrogens is 380 g/mol. The second-order valence-electron chi connectivity index (χ2n) is 6.66. The molecule has 0 aliphatic carbocycles. The third kappa shape index (κ3) is 2.65. The van der Waals surface area contributed by atoms with Crippen LogP contribution < -0.4 is 0 Å². The molecule has 0 atom stereocenters. The molecule has 0 bridgehead atoms. The van der Waals surface area contributed by atoms with Gasteiger partial charge in [0.05, 0.1) is 15.9 Å². The van der Waals surface area contributed by atoms with Gasteiger partial charge in [-0.2, -0.15) is 4.98 Å². The highest BCUT2D eigenvalue weighted by Crippen LogP contribution is 2.40. The Morgan fingerprint density at radius 2 is 1.62 bits per heavy atom. The molecule has 0 saturated heterocycles. The van der Waals surface area contributed by atoms with Crippen molar-refractivity contribution in [2.45, 2.75) is 0 Å². The number of aromatic nitrogens is 2. The Morgan fingerprint density at radius 3 is 2.52 bits per heavy atom. The highest BCUT2D eigenvalue weighted by molar-refractivity contribution is 7.23. The highest BCUT2D eigenvalue weighted by atomic mass is 32.1. The minimum absolute atomic E-state index is 0.546. The molecule has 6 heteroatoms. The van der Waals surface area contributed by atoms with Crippen LogP contribution in [-0.4, -0.2) is 9.38 Å². The summed E-state index contributed by atoms with van der Waals surface area (Å²) in [4.78, 5) is 5.64. The van der Waals surface area contributed by atoms with Crippen LogP contribution in [0.4, 0.5) is 11.5 Å². The van der Waals surface area contributed by atoms with E-state index in [4.69, 9.17) is 9.40 Å². The predicted molar refractivity (Wildman–Crippen MR) is 116 cm³/mol. The van der Waals surface area contributed by atoms with E-state index < -0.39 is 0 Å². The van der Waals surface area contributed by atoms with Crippen LogP contribution in [-0.2, 0) is 0 Å². The number of azo groups is 1. The first-order valence-electron chi connectivity index (χ1n) is 9.22. The lowest BCUT2D eigenvalue weighted by molar-refractivity contribution is 0.628. The first-order valence-corrected chi connectivity index (χ1v) is 10.0. The van der Waals surface area contributed by atoms with Crippen LogP contribution in [0.15, 0.2) is 99.6 Å². The molecule has 0 saturated carbocycles. The molecule has 0 N–H and O–H groups in total. The van der Waals surface area contributed by atoms with Gasteiger partial charge in [-0.25, -0.2) is 0 Å². The van der Waals surface area contributed by atoms with E-state index in [1.54, 1.807) is 11.3 Å². The molecule has 3 aromatic heterocycles. The minimum Gasteiger partial charge on any atom is -0.454 e. The zero-order valence-electron chi connectivity index (χ0n) is 15.2. The number of imidazole rings is 1. The van der Waals surface area contributed by atoms with Gasteiger partial charge in [-0.1, -0.05) is 59.9 Å². The van der Waals surface area contributed by atoms with Gasteiger partial charge in [0.15, 0.2) is 10.7 Å². The lowest BCUT2D eigenvalue weighted by Gasteiger charge is -1.99. The van der Waals surface area contributed by atoms with Crippen molar-refractivity contribution in [2.24, 2.45) is 10.2 Å². The Kier molecular flexibility index (Phi) is 3.57. The number of thiazole rings is 1. The van der Waals surface area contributed by atoms with Crippen LogP contribution in [0.5, 0.6) is 0 Å². The van der Waals surface area contributed by atoms with Crippen LogP contribution in [0.25, 0.3) is 37.6 Å². The monoisotopic (exact) mass is 394 g/mol. The van der Waals surface area contributed by atoms with Crippen LogP contribution in [0.2, 0.25) is 0 Å². The van der Waals surface area contributed by atoms with Gasteiger partial charge in [-0.15, -0.1) is 10.2 Å². The Bertz CT molecular complexity index is 1470. The first kappa shape index (κ1) is 16.2. The van der Waals surface area contributed by atoms with Crippen molar-refractivity contribution in [3.8, 4) is 11.5 Å². The molecule has 0 aliphatic heterocycles. The standard InChI is InChI=1S/C23H14N4OS/c1-2-9-16(10-3-1)25-26-22-21(19-14-15-8-4-6-12-18(15)28-19)27-17-11-5-7-13-20(17)29-23(27)24-22/h1-14H. The summed E-state index contributed by atoms with van der Waals surface area (Å²) in [5.41, 5.74) is 3.51. The summed E-state index contributed by atoms with van der Waals surface area (Å²) in [6.07, 6.45) is 0. The zero-order chi connectivity index (χ0) is 19.2. The molecule has 138 valence electrons. The lowest BCUT2D eigenvalue weighted by Crippen LogP contribution is -1.84. The predicted octanol–water partition coefficient (Wildman–Crippen LogP) is 7.38. The number of benzene rings is 3. The number of hydrogen-bond donors (Lipinski definition) is 0. The Hall–Kier alpha value is -3.77. The number of rotatable bonds is 3. The first-order chi connectivity index (χ1) is 14.4. The topological polar surface area (TPSA) is 55.2 Å². The van der Waals surface area contributed by atoms with Crippen LogP contribution >= 0.6 is 11.3 Å². The van der Waals surface area contributed by atoms with Crippen molar-refractivity contribution in [3.05, 3.63) is 84.9 Å². The van der Waals surface area contributed by atoms with Crippen molar-refractivity contribution in [1.82, 2.24) is 9.38 Å². The van der Waals surface area contributed by atoms with E-state index in [-0.39, 0.29) is 0 Å². The third-order valence-corrected chi connectivity index (χ3v) is 5.83. The normalized spacial score (nSPS) is 12.0. The Balaban J connectivity index is 1.63.